The lowest BCUT2D eigenvalue weighted by molar-refractivity contribution is -0.132. The first-order valence-corrected chi connectivity index (χ1v) is 14.3. The number of hydrogen-bond acceptors (Lipinski definition) is 5. The van der Waals surface area contributed by atoms with Crippen molar-refractivity contribution in [3.8, 4) is 0 Å². The van der Waals surface area contributed by atoms with Crippen LogP contribution in [0.2, 0.25) is 0 Å². The van der Waals surface area contributed by atoms with E-state index in [1.807, 2.05) is 11.0 Å². The van der Waals surface area contributed by atoms with E-state index < -0.39 is 10.0 Å². The highest BCUT2D eigenvalue weighted by molar-refractivity contribution is 7.91. The van der Waals surface area contributed by atoms with Crippen LogP contribution in [-0.2, 0) is 21.2 Å². The number of rotatable bonds is 6. The third kappa shape index (κ3) is 5.89. The lowest BCUT2D eigenvalue weighted by Gasteiger charge is -2.37. The van der Waals surface area contributed by atoms with Gasteiger partial charge in [-0.15, -0.1) is 11.3 Å². The van der Waals surface area contributed by atoms with E-state index in [9.17, 15) is 13.2 Å². The Hall–Kier alpha value is -0.960. The fourth-order valence-electron chi connectivity index (χ4n) is 5.14. The summed E-state index contributed by atoms with van der Waals surface area (Å²) in [6, 6.07) is 3.52. The van der Waals surface area contributed by atoms with Crippen LogP contribution in [0, 0.1) is 11.8 Å². The Bertz CT molecular complexity index is 840. The van der Waals surface area contributed by atoms with Crippen LogP contribution in [0.5, 0.6) is 0 Å². The van der Waals surface area contributed by atoms with E-state index in [1.165, 1.54) is 43.7 Å². The molecule has 1 amide bonds. The van der Waals surface area contributed by atoms with Gasteiger partial charge in [0.2, 0.25) is 5.91 Å². The Morgan fingerprint density at radius 3 is 2.48 bits per heavy atom. The van der Waals surface area contributed by atoms with Crippen molar-refractivity contribution in [1.82, 2.24) is 14.1 Å². The summed E-state index contributed by atoms with van der Waals surface area (Å²) in [6.45, 7) is 8.72. The molecule has 3 saturated heterocycles. The van der Waals surface area contributed by atoms with Gasteiger partial charge in [-0.2, -0.15) is 4.31 Å². The predicted molar refractivity (Wildman–Crippen MR) is 125 cm³/mol. The van der Waals surface area contributed by atoms with Crippen LogP contribution in [0.25, 0.3) is 0 Å². The number of hydrogen-bond donors (Lipinski definition) is 0. The van der Waals surface area contributed by atoms with Gasteiger partial charge < -0.3 is 9.80 Å². The predicted octanol–water partition coefficient (Wildman–Crippen LogP) is 3.44. The molecule has 0 aromatic carbocycles. The van der Waals surface area contributed by atoms with Gasteiger partial charge in [0.05, 0.1) is 6.42 Å². The molecule has 1 atom stereocenters. The monoisotopic (exact) mass is 467 g/mol. The van der Waals surface area contributed by atoms with E-state index in [1.54, 1.807) is 10.4 Å². The highest BCUT2D eigenvalue weighted by Gasteiger charge is 2.29. The number of amides is 1. The first kappa shape index (κ1) is 23.2. The standard InChI is InChI=1S/C23H37N3O3S2/c1-19-9-14-24(15-10-19)17-20-6-5-11-25(18-20)22(27)16-21-7-8-23(30-21)31(28,29)26-12-3-2-4-13-26/h7-8,19-20H,2-6,9-18H2,1H3. The highest BCUT2D eigenvalue weighted by atomic mass is 32.2. The maximum atomic E-state index is 13.0. The molecule has 0 saturated carbocycles. The van der Waals surface area contributed by atoms with Crippen molar-refractivity contribution >= 4 is 27.3 Å². The average molecular weight is 468 g/mol. The topological polar surface area (TPSA) is 60.9 Å². The fourth-order valence-corrected chi connectivity index (χ4v) is 8.15. The van der Waals surface area contributed by atoms with E-state index in [0.717, 1.165) is 56.1 Å². The summed E-state index contributed by atoms with van der Waals surface area (Å²) in [4.78, 5) is 18.4. The third-order valence-corrected chi connectivity index (χ3v) is 10.6. The molecule has 174 valence electrons. The van der Waals surface area contributed by atoms with Crippen LogP contribution < -0.4 is 0 Å². The summed E-state index contributed by atoms with van der Waals surface area (Å²) >= 11 is 1.27. The zero-order chi connectivity index (χ0) is 21.8. The van der Waals surface area contributed by atoms with Crippen LogP contribution in [-0.4, -0.2) is 74.2 Å². The molecule has 4 heterocycles. The Kier molecular flexibility index (Phi) is 7.72. The maximum absolute atomic E-state index is 13.0. The third-order valence-electron chi connectivity index (χ3n) is 7.14. The first-order chi connectivity index (χ1) is 14.9. The smallest absolute Gasteiger partial charge is 0.252 e. The molecule has 1 aromatic heterocycles. The summed E-state index contributed by atoms with van der Waals surface area (Å²) in [7, 11) is -3.41. The molecular formula is C23H37N3O3S2. The zero-order valence-electron chi connectivity index (χ0n) is 18.8. The molecule has 31 heavy (non-hydrogen) atoms. The van der Waals surface area contributed by atoms with Gasteiger partial charge in [0.15, 0.2) is 0 Å². The second-order valence-electron chi connectivity index (χ2n) is 9.69. The molecule has 4 rings (SSSR count). The number of sulfonamides is 1. The van der Waals surface area contributed by atoms with Gasteiger partial charge >= 0.3 is 0 Å². The quantitative estimate of drug-likeness (QED) is 0.643. The molecule has 0 N–H and O–H groups in total. The number of thiophene rings is 1. The molecule has 3 fully saturated rings. The number of carbonyl (C=O) groups excluding carboxylic acids is 1. The molecule has 6 nitrogen and oxygen atoms in total. The molecule has 1 aromatic rings. The van der Waals surface area contributed by atoms with E-state index in [4.69, 9.17) is 0 Å². The Morgan fingerprint density at radius 2 is 1.74 bits per heavy atom. The Balaban J connectivity index is 1.31. The van der Waals surface area contributed by atoms with Crippen molar-refractivity contribution in [3.05, 3.63) is 17.0 Å². The Morgan fingerprint density at radius 1 is 1.00 bits per heavy atom. The van der Waals surface area contributed by atoms with Crippen molar-refractivity contribution in [2.24, 2.45) is 11.8 Å². The molecular weight excluding hydrogens is 430 g/mol. The molecule has 1 unspecified atom stereocenters. The minimum absolute atomic E-state index is 0.140. The molecule has 0 spiro atoms. The summed E-state index contributed by atoms with van der Waals surface area (Å²) in [5, 5.41) is 0. The SMILES string of the molecule is CC1CCN(CC2CCCN(C(=O)Cc3ccc(S(=O)(=O)N4CCCCC4)s3)C2)CC1. The summed E-state index contributed by atoms with van der Waals surface area (Å²) in [6.07, 6.45) is 8.13. The fraction of sp³-hybridized carbons (Fsp3) is 0.783. The van der Waals surface area contributed by atoms with Crippen LogP contribution in [0.4, 0.5) is 0 Å². The summed E-state index contributed by atoms with van der Waals surface area (Å²) < 4.78 is 27.7. The molecule has 0 aliphatic carbocycles. The van der Waals surface area contributed by atoms with Crippen LogP contribution >= 0.6 is 11.3 Å². The molecule has 0 bridgehead atoms. The largest absolute Gasteiger partial charge is 0.342 e. The van der Waals surface area contributed by atoms with Crippen molar-refractivity contribution in [3.63, 3.8) is 0 Å². The van der Waals surface area contributed by atoms with E-state index >= 15 is 0 Å². The van der Waals surface area contributed by atoms with Gasteiger partial charge in [-0.1, -0.05) is 13.3 Å². The van der Waals surface area contributed by atoms with Crippen LogP contribution in [0.15, 0.2) is 16.3 Å². The average Bonchev–Trinajstić information content (AvgIpc) is 3.25. The maximum Gasteiger partial charge on any atom is 0.252 e. The van der Waals surface area contributed by atoms with Crippen molar-refractivity contribution in [2.45, 2.75) is 62.5 Å². The summed E-state index contributed by atoms with van der Waals surface area (Å²) in [5.74, 6) is 1.54. The highest BCUT2D eigenvalue weighted by Crippen LogP contribution is 2.28. The number of nitrogens with zero attached hydrogens (tertiary/aromatic N) is 3. The van der Waals surface area contributed by atoms with Crippen LogP contribution in [0.1, 0.15) is 56.7 Å². The minimum Gasteiger partial charge on any atom is -0.342 e. The van der Waals surface area contributed by atoms with Gasteiger partial charge in [0, 0.05) is 37.6 Å². The minimum atomic E-state index is -3.41. The molecule has 3 aliphatic rings. The number of likely N-dealkylation sites (tertiary alicyclic amines) is 2. The van der Waals surface area contributed by atoms with Gasteiger partial charge in [-0.05, 0) is 75.6 Å². The van der Waals surface area contributed by atoms with Crippen molar-refractivity contribution in [1.29, 1.82) is 0 Å². The van der Waals surface area contributed by atoms with Crippen molar-refractivity contribution in [2.75, 3.05) is 45.8 Å². The molecule has 8 heteroatoms. The summed E-state index contributed by atoms with van der Waals surface area (Å²) in [5.41, 5.74) is 0. The van der Waals surface area contributed by atoms with Gasteiger partial charge in [0.1, 0.15) is 4.21 Å². The second kappa shape index (κ2) is 10.3. The van der Waals surface area contributed by atoms with Crippen LogP contribution in [0.3, 0.4) is 0 Å². The number of carbonyl (C=O) groups is 1. The normalized spacial score (nSPS) is 25.1. The Labute approximate surface area is 191 Å². The van der Waals surface area contributed by atoms with Gasteiger partial charge in [0.25, 0.3) is 10.0 Å². The lowest BCUT2D eigenvalue weighted by Crippen LogP contribution is -2.45. The lowest BCUT2D eigenvalue weighted by atomic mass is 9.94. The van der Waals surface area contributed by atoms with E-state index in [2.05, 4.69) is 11.8 Å². The van der Waals surface area contributed by atoms with Gasteiger partial charge in [-0.25, -0.2) is 8.42 Å². The van der Waals surface area contributed by atoms with Crippen molar-refractivity contribution < 1.29 is 13.2 Å². The second-order valence-corrected chi connectivity index (χ2v) is 13.0. The van der Waals surface area contributed by atoms with E-state index in [-0.39, 0.29) is 5.91 Å². The molecule has 3 aliphatic heterocycles. The number of piperidine rings is 3. The van der Waals surface area contributed by atoms with Gasteiger partial charge in [-0.3, -0.25) is 4.79 Å². The zero-order valence-corrected chi connectivity index (χ0v) is 20.4. The van der Waals surface area contributed by atoms with E-state index in [0.29, 0.717) is 29.6 Å². The molecule has 0 radical (unpaired) electrons. The first-order valence-electron chi connectivity index (χ1n) is 12.0.